The Morgan fingerprint density at radius 3 is 2.46 bits per heavy atom. The summed E-state index contributed by atoms with van der Waals surface area (Å²) >= 11 is 0. The number of hydrogen-bond donors (Lipinski definition) is 2. The smallest absolute Gasteiger partial charge is 0.337 e. The van der Waals surface area contributed by atoms with Crippen LogP contribution in [0.25, 0.3) is 0 Å². The second-order valence-corrected chi connectivity index (χ2v) is 6.91. The van der Waals surface area contributed by atoms with Crippen LogP contribution in [0.4, 0.5) is 11.4 Å². The summed E-state index contributed by atoms with van der Waals surface area (Å²) in [4.78, 5) is 21.5. The van der Waals surface area contributed by atoms with Crippen LogP contribution in [0.2, 0.25) is 0 Å². The topological polar surface area (TPSA) is 128 Å². The van der Waals surface area contributed by atoms with Gasteiger partial charge in [-0.3, -0.25) is 10.1 Å². The number of non-ortho nitro benzene ring substituents is 1. The maximum absolute atomic E-state index is 12.3. The minimum absolute atomic E-state index is 0.0262. The molecule has 0 atom stereocenters. The number of nitrogens with one attached hydrogen (secondary N) is 2. The van der Waals surface area contributed by atoms with Crippen LogP contribution >= 0.6 is 0 Å². The molecule has 0 radical (unpaired) electrons. The van der Waals surface area contributed by atoms with Crippen molar-refractivity contribution >= 4 is 27.4 Å². The SMILES string of the molecule is COC(=O)c1cccc(S(=O)(=O)NCCNc2ccc([N+](=O)[O-])cc2)c1. The summed E-state index contributed by atoms with van der Waals surface area (Å²) in [6, 6.07) is 11.3. The fourth-order valence-electron chi connectivity index (χ4n) is 2.08. The normalized spacial score (nSPS) is 11.0. The fourth-order valence-corrected chi connectivity index (χ4v) is 3.16. The third-order valence-electron chi connectivity index (χ3n) is 3.39. The van der Waals surface area contributed by atoms with Crippen LogP contribution in [0.5, 0.6) is 0 Å². The average molecular weight is 379 g/mol. The largest absolute Gasteiger partial charge is 0.465 e. The van der Waals surface area contributed by atoms with E-state index in [4.69, 9.17) is 0 Å². The Morgan fingerprint density at radius 2 is 1.85 bits per heavy atom. The Balaban J connectivity index is 1.92. The molecule has 0 saturated heterocycles. The van der Waals surface area contributed by atoms with Crippen molar-refractivity contribution < 1.29 is 22.9 Å². The number of methoxy groups -OCH3 is 1. The van der Waals surface area contributed by atoms with Crippen LogP contribution < -0.4 is 10.0 Å². The lowest BCUT2D eigenvalue weighted by molar-refractivity contribution is -0.384. The Bertz CT molecular complexity index is 896. The molecule has 0 amide bonds. The molecule has 0 fully saturated rings. The van der Waals surface area contributed by atoms with Crippen molar-refractivity contribution in [2.24, 2.45) is 0 Å². The molecular formula is C16H17N3O6S. The molecule has 0 unspecified atom stereocenters. The molecule has 0 aliphatic rings. The molecule has 10 heteroatoms. The summed E-state index contributed by atoms with van der Waals surface area (Å²) in [5.41, 5.74) is 0.739. The lowest BCUT2D eigenvalue weighted by atomic mass is 10.2. The number of esters is 1. The highest BCUT2D eigenvalue weighted by atomic mass is 32.2. The third-order valence-corrected chi connectivity index (χ3v) is 4.85. The van der Waals surface area contributed by atoms with Crippen LogP contribution in [-0.2, 0) is 14.8 Å². The van der Waals surface area contributed by atoms with Gasteiger partial charge in [-0.2, -0.15) is 0 Å². The van der Waals surface area contributed by atoms with E-state index in [1.165, 1.54) is 55.6 Å². The van der Waals surface area contributed by atoms with Gasteiger partial charge in [0.1, 0.15) is 0 Å². The van der Waals surface area contributed by atoms with Crippen LogP contribution in [-0.4, -0.2) is 39.5 Å². The summed E-state index contributed by atoms with van der Waals surface area (Å²) < 4.78 is 31.5. The zero-order chi connectivity index (χ0) is 19.2. The Morgan fingerprint density at radius 1 is 1.15 bits per heavy atom. The lowest BCUT2D eigenvalue weighted by Gasteiger charge is -2.09. The van der Waals surface area contributed by atoms with Gasteiger partial charge in [0.05, 0.1) is 22.5 Å². The molecule has 26 heavy (non-hydrogen) atoms. The second-order valence-electron chi connectivity index (χ2n) is 5.15. The number of nitrogens with zero attached hydrogens (tertiary/aromatic N) is 1. The van der Waals surface area contributed by atoms with E-state index in [-0.39, 0.29) is 29.2 Å². The predicted octanol–water partition coefficient (Wildman–Crippen LogP) is 1.77. The summed E-state index contributed by atoms with van der Waals surface area (Å²) in [6.07, 6.45) is 0. The summed E-state index contributed by atoms with van der Waals surface area (Å²) in [6.45, 7) is 0.357. The average Bonchev–Trinajstić information content (AvgIpc) is 2.65. The zero-order valence-electron chi connectivity index (χ0n) is 13.8. The van der Waals surface area contributed by atoms with Gasteiger partial charge in [0, 0.05) is 30.9 Å². The summed E-state index contributed by atoms with van der Waals surface area (Å²) in [5.74, 6) is -0.623. The molecule has 0 saturated carbocycles. The number of nitro benzene ring substituents is 1. The van der Waals surface area contributed by atoms with Crippen molar-refractivity contribution in [3.05, 3.63) is 64.2 Å². The van der Waals surface area contributed by atoms with E-state index in [1.807, 2.05) is 0 Å². The van der Waals surface area contributed by atoms with Gasteiger partial charge in [0.25, 0.3) is 5.69 Å². The molecular weight excluding hydrogens is 362 g/mol. The van der Waals surface area contributed by atoms with Crippen molar-refractivity contribution in [1.82, 2.24) is 4.72 Å². The summed E-state index contributed by atoms with van der Waals surface area (Å²) in [7, 11) is -2.57. The summed E-state index contributed by atoms with van der Waals surface area (Å²) in [5, 5.41) is 13.5. The number of carbonyl (C=O) groups excluding carboxylic acids is 1. The fraction of sp³-hybridized carbons (Fsp3) is 0.188. The van der Waals surface area contributed by atoms with E-state index in [1.54, 1.807) is 0 Å². The first-order valence-corrected chi connectivity index (χ1v) is 8.98. The van der Waals surface area contributed by atoms with E-state index >= 15 is 0 Å². The first kappa shape index (κ1) is 19.3. The molecule has 2 aromatic carbocycles. The van der Waals surface area contributed by atoms with E-state index < -0.39 is 20.9 Å². The highest BCUT2D eigenvalue weighted by Gasteiger charge is 2.16. The number of anilines is 1. The van der Waals surface area contributed by atoms with Gasteiger partial charge in [-0.25, -0.2) is 17.9 Å². The van der Waals surface area contributed by atoms with Crippen LogP contribution in [0.15, 0.2) is 53.4 Å². The highest BCUT2D eigenvalue weighted by molar-refractivity contribution is 7.89. The highest BCUT2D eigenvalue weighted by Crippen LogP contribution is 2.15. The predicted molar refractivity (Wildman–Crippen MR) is 94.6 cm³/mol. The van der Waals surface area contributed by atoms with Crippen molar-refractivity contribution in [1.29, 1.82) is 0 Å². The Labute approximate surface area is 150 Å². The third kappa shape index (κ3) is 5.01. The van der Waals surface area contributed by atoms with Gasteiger partial charge in [-0.15, -0.1) is 0 Å². The number of hydrogen-bond acceptors (Lipinski definition) is 7. The van der Waals surface area contributed by atoms with E-state index in [0.717, 1.165) is 0 Å². The van der Waals surface area contributed by atoms with Crippen LogP contribution in [0, 0.1) is 10.1 Å². The van der Waals surface area contributed by atoms with Crippen LogP contribution in [0.3, 0.4) is 0 Å². The minimum atomic E-state index is -3.78. The maximum atomic E-state index is 12.3. The molecule has 0 aliphatic heterocycles. The van der Waals surface area contributed by atoms with Crippen LogP contribution in [0.1, 0.15) is 10.4 Å². The standard InChI is InChI=1S/C16H17N3O6S/c1-25-16(20)12-3-2-4-15(11-12)26(23,24)18-10-9-17-13-5-7-14(8-6-13)19(21)22/h2-8,11,17-18H,9-10H2,1H3. The first-order valence-electron chi connectivity index (χ1n) is 7.50. The zero-order valence-corrected chi connectivity index (χ0v) is 14.7. The van der Waals surface area contributed by atoms with Gasteiger partial charge in [-0.05, 0) is 30.3 Å². The number of carbonyl (C=O) groups is 1. The number of rotatable bonds is 8. The first-order chi connectivity index (χ1) is 12.3. The monoisotopic (exact) mass is 379 g/mol. The minimum Gasteiger partial charge on any atom is -0.465 e. The van der Waals surface area contributed by atoms with Gasteiger partial charge in [0.15, 0.2) is 0 Å². The van der Waals surface area contributed by atoms with Crippen molar-refractivity contribution in [2.75, 3.05) is 25.5 Å². The number of ether oxygens (including phenoxy) is 1. The van der Waals surface area contributed by atoms with E-state index in [2.05, 4.69) is 14.8 Å². The Hall–Kier alpha value is -2.98. The van der Waals surface area contributed by atoms with Gasteiger partial charge in [0.2, 0.25) is 10.0 Å². The van der Waals surface area contributed by atoms with E-state index in [0.29, 0.717) is 5.69 Å². The second kappa shape index (κ2) is 8.41. The molecule has 0 aromatic heterocycles. The molecule has 9 nitrogen and oxygen atoms in total. The maximum Gasteiger partial charge on any atom is 0.337 e. The number of sulfonamides is 1. The molecule has 2 N–H and O–H groups in total. The molecule has 0 bridgehead atoms. The lowest BCUT2D eigenvalue weighted by Crippen LogP contribution is -2.29. The molecule has 0 aliphatic carbocycles. The van der Waals surface area contributed by atoms with Gasteiger partial charge < -0.3 is 10.1 Å². The van der Waals surface area contributed by atoms with Crippen molar-refractivity contribution in [3.63, 3.8) is 0 Å². The van der Waals surface area contributed by atoms with Crippen molar-refractivity contribution in [2.45, 2.75) is 4.90 Å². The molecule has 0 spiro atoms. The van der Waals surface area contributed by atoms with Gasteiger partial charge >= 0.3 is 5.97 Å². The quantitative estimate of drug-likeness (QED) is 0.310. The Kier molecular flexibility index (Phi) is 6.26. The number of benzene rings is 2. The number of nitro groups is 1. The van der Waals surface area contributed by atoms with Crippen molar-refractivity contribution in [3.8, 4) is 0 Å². The molecule has 2 aromatic rings. The molecule has 2 rings (SSSR count). The molecule has 0 heterocycles. The van der Waals surface area contributed by atoms with E-state index in [9.17, 15) is 23.3 Å². The van der Waals surface area contributed by atoms with Gasteiger partial charge in [-0.1, -0.05) is 6.07 Å². The molecule has 138 valence electrons.